The molecule has 21 heavy (non-hydrogen) atoms. The van der Waals surface area contributed by atoms with Crippen LogP contribution < -0.4 is 4.74 Å². The first-order chi connectivity index (χ1) is 10.3. The average molecular weight is 284 g/mol. The lowest BCUT2D eigenvalue weighted by Gasteiger charge is -2.03. The van der Waals surface area contributed by atoms with Crippen LogP contribution in [0.5, 0.6) is 5.75 Å². The lowest BCUT2D eigenvalue weighted by atomic mass is 10.1. The molecule has 0 saturated heterocycles. The molecule has 2 rings (SSSR count). The zero-order chi connectivity index (χ0) is 14.9. The first kappa shape index (κ1) is 15.3. The minimum absolute atomic E-state index is 0.0218. The van der Waals surface area contributed by atoms with E-state index in [9.17, 15) is 0 Å². The molecule has 110 valence electrons. The number of benzene rings is 2. The smallest absolute Gasteiger partial charge is 0.119 e. The second kappa shape index (κ2) is 8.25. The van der Waals surface area contributed by atoms with Crippen LogP contribution in [0.3, 0.4) is 0 Å². The Kier molecular flexibility index (Phi) is 6.00. The average Bonchev–Trinajstić information content (AvgIpc) is 2.53. The van der Waals surface area contributed by atoms with Gasteiger partial charge in [-0.3, -0.25) is 0 Å². The van der Waals surface area contributed by atoms with Crippen molar-refractivity contribution in [1.29, 1.82) is 0 Å². The Morgan fingerprint density at radius 1 is 0.762 bits per heavy atom. The van der Waals surface area contributed by atoms with Crippen LogP contribution in [0.25, 0.3) is 12.2 Å². The van der Waals surface area contributed by atoms with E-state index in [0.29, 0.717) is 13.0 Å². The zero-order valence-corrected chi connectivity index (χ0v) is 11.9. The molecule has 0 atom stereocenters. The fourth-order valence-corrected chi connectivity index (χ4v) is 1.96. The van der Waals surface area contributed by atoms with Gasteiger partial charge in [-0.25, -0.2) is 0 Å². The van der Waals surface area contributed by atoms with Crippen molar-refractivity contribution in [3.05, 3.63) is 65.2 Å². The molecule has 0 aliphatic heterocycles. The third-order valence-electron chi connectivity index (χ3n) is 3.09. The summed E-state index contributed by atoms with van der Waals surface area (Å²) in [4.78, 5) is 0. The molecule has 0 fully saturated rings. The monoisotopic (exact) mass is 284 g/mol. The van der Waals surface area contributed by atoms with Crippen LogP contribution in [0, 0.1) is 0 Å². The van der Waals surface area contributed by atoms with Gasteiger partial charge in [0.1, 0.15) is 12.4 Å². The fraction of sp³-hybridized carbons (Fsp3) is 0.222. The van der Waals surface area contributed by atoms with Crippen LogP contribution in [0.4, 0.5) is 0 Å². The van der Waals surface area contributed by atoms with E-state index in [1.807, 2.05) is 60.7 Å². The topological polar surface area (TPSA) is 49.7 Å². The van der Waals surface area contributed by atoms with Crippen molar-refractivity contribution in [2.45, 2.75) is 6.42 Å². The molecule has 0 unspecified atom stereocenters. The lowest BCUT2D eigenvalue weighted by Crippen LogP contribution is -2.01. The molecule has 0 radical (unpaired) electrons. The van der Waals surface area contributed by atoms with Crippen LogP contribution in [-0.2, 0) is 6.42 Å². The van der Waals surface area contributed by atoms with E-state index in [-0.39, 0.29) is 13.2 Å². The van der Waals surface area contributed by atoms with Crippen LogP contribution in [-0.4, -0.2) is 30.0 Å². The van der Waals surface area contributed by atoms with E-state index < -0.39 is 0 Å². The Bertz CT molecular complexity index is 556. The second-order valence-corrected chi connectivity index (χ2v) is 4.69. The molecule has 2 aromatic carbocycles. The van der Waals surface area contributed by atoms with Gasteiger partial charge in [0.05, 0.1) is 6.61 Å². The van der Waals surface area contributed by atoms with Crippen molar-refractivity contribution in [2.24, 2.45) is 0 Å². The molecule has 0 amide bonds. The minimum atomic E-state index is 0.0218. The molecule has 0 aliphatic carbocycles. The van der Waals surface area contributed by atoms with E-state index in [2.05, 4.69) is 0 Å². The molecule has 0 spiro atoms. The third kappa shape index (κ3) is 5.06. The number of aliphatic hydroxyl groups is 2. The molecule has 0 saturated carbocycles. The Hall–Kier alpha value is -2.10. The van der Waals surface area contributed by atoms with Gasteiger partial charge in [0.25, 0.3) is 0 Å². The lowest BCUT2D eigenvalue weighted by molar-refractivity contribution is 0.201. The first-order valence-electron chi connectivity index (χ1n) is 7.03. The summed E-state index contributed by atoms with van der Waals surface area (Å²) in [6.07, 6.45) is 4.78. The maximum absolute atomic E-state index is 8.88. The Morgan fingerprint density at radius 3 is 1.86 bits per heavy atom. The van der Waals surface area contributed by atoms with Gasteiger partial charge in [0, 0.05) is 6.61 Å². The van der Waals surface area contributed by atoms with Gasteiger partial charge in [0.2, 0.25) is 0 Å². The summed E-state index contributed by atoms with van der Waals surface area (Å²) in [7, 11) is 0. The fourth-order valence-electron chi connectivity index (χ4n) is 1.96. The van der Waals surface area contributed by atoms with Crippen molar-refractivity contribution in [2.75, 3.05) is 19.8 Å². The molecule has 2 N–H and O–H groups in total. The summed E-state index contributed by atoms with van der Waals surface area (Å²) in [5.41, 5.74) is 3.35. The van der Waals surface area contributed by atoms with Crippen LogP contribution in [0.15, 0.2) is 48.5 Å². The highest BCUT2D eigenvalue weighted by Gasteiger charge is 1.94. The van der Waals surface area contributed by atoms with Gasteiger partial charge in [-0.05, 0) is 35.2 Å². The summed E-state index contributed by atoms with van der Waals surface area (Å²) in [6, 6.07) is 15.9. The van der Waals surface area contributed by atoms with Gasteiger partial charge in [-0.15, -0.1) is 0 Å². The summed E-state index contributed by atoms with van der Waals surface area (Å²) in [5.74, 6) is 0.759. The largest absolute Gasteiger partial charge is 0.491 e. The van der Waals surface area contributed by atoms with Crippen molar-refractivity contribution >= 4 is 12.2 Å². The van der Waals surface area contributed by atoms with Crippen molar-refractivity contribution in [3.63, 3.8) is 0 Å². The normalized spacial score (nSPS) is 11.0. The minimum Gasteiger partial charge on any atom is -0.491 e. The molecule has 2 aromatic rings. The number of ether oxygens (including phenoxy) is 1. The Morgan fingerprint density at radius 2 is 1.33 bits per heavy atom. The second-order valence-electron chi connectivity index (χ2n) is 4.69. The molecular formula is C18H20O3. The van der Waals surface area contributed by atoms with E-state index in [4.69, 9.17) is 14.9 Å². The van der Waals surface area contributed by atoms with Crippen LogP contribution >= 0.6 is 0 Å². The molecular weight excluding hydrogens is 264 g/mol. The van der Waals surface area contributed by atoms with E-state index in [1.54, 1.807) is 0 Å². The molecule has 3 nitrogen and oxygen atoms in total. The van der Waals surface area contributed by atoms with Gasteiger partial charge in [-0.1, -0.05) is 48.6 Å². The maximum atomic E-state index is 8.88. The summed E-state index contributed by atoms with van der Waals surface area (Å²) in [6.45, 7) is 0.517. The van der Waals surface area contributed by atoms with Crippen LogP contribution in [0.2, 0.25) is 0 Å². The van der Waals surface area contributed by atoms with E-state index in [1.165, 1.54) is 0 Å². The molecule has 0 heterocycles. The predicted molar refractivity (Wildman–Crippen MR) is 85.2 cm³/mol. The van der Waals surface area contributed by atoms with E-state index in [0.717, 1.165) is 22.4 Å². The number of hydrogen-bond donors (Lipinski definition) is 2. The number of aliphatic hydroxyl groups excluding tert-OH is 2. The quantitative estimate of drug-likeness (QED) is 0.769. The van der Waals surface area contributed by atoms with E-state index >= 15 is 0 Å². The van der Waals surface area contributed by atoms with Gasteiger partial charge >= 0.3 is 0 Å². The molecule has 0 bridgehead atoms. The summed E-state index contributed by atoms with van der Waals surface area (Å²) in [5, 5.41) is 17.6. The van der Waals surface area contributed by atoms with Crippen molar-refractivity contribution in [3.8, 4) is 5.75 Å². The Labute approximate surface area is 125 Å². The highest BCUT2D eigenvalue weighted by molar-refractivity contribution is 5.69. The molecule has 0 aliphatic rings. The summed E-state index contributed by atoms with van der Waals surface area (Å²) < 4.78 is 5.31. The summed E-state index contributed by atoms with van der Waals surface area (Å²) >= 11 is 0. The highest BCUT2D eigenvalue weighted by atomic mass is 16.5. The predicted octanol–water partition coefficient (Wildman–Crippen LogP) is 2.76. The number of hydrogen-bond acceptors (Lipinski definition) is 3. The maximum Gasteiger partial charge on any atom is 0.119 e. The SMILES string of the molecule is OCCOc1ccc(/C=C\c2ccc(CCO)cc2)cc1. The standard InChI is InChI=1S/C18H20O3/c19-12-11-17-5-3-15(4-6-17)1-2-16-7-9-18(10-8-16)21-14-13-20/h1-10,19-20H,11-14H2/b2-1-. The van der Waals surface area contributed by atoms with Crippen molar-refractivity contribution in [1.82, 2.24) is 0 Å². The van der Waals surface area contributed by atoms with Gasteiger partial charge in [-0.2, -0.15) is 0 Å². The zero-order valence-electron chi connectivity index (χ0n) is 11.9. The van der Waals surface area contributed by atoms with Crippen LogP contribution in [0.1, 0.15) is 16.7 Å². The van der Waals surface area contributed by atoms with Gasteiger partial charge < -0.3 is 14.9 Å². The Balaban J connectivity index is 1.96. The first-order valence-corrected chi connectivity index (χ1v) is 7.03. The van der Waals surface area contributed by atoms with Gasteiger partial charge in [0.15, 0.2) is 0 Å². The number of rotatable bonds is 7. The highest BCUT2D eigenvalue weighted by Crippen LogP contribution is 2.15. The van der Waals surface area contributed by atoms with Crippen molar-refractivity contribution < 1.29 is 14.9 Å². The molecule has 0 aromatic heterocycles. The molecule has 3 heteroatoms. The third-order valence-corrected chi connectivity index (χ3v) is 3.09.